The Morgan fingerprint density at radius 1 is 1.73 bits per heavy atom. The quantitative estimate of drug-likeness (QED) is 0.368. The molecule has 1 saturated heterocycles. The Morgan fingerprint density at radius 2 is 2.55 bits per heavy atom. The second-order valence-electron chi connectivity index (χ2n) is 2.48. The summed E-state index contributed by atoms with van der Waals surface area (Å²) in [4.78, 5) is 2.69. The molecule has 5 heteroatoms. The Labute approximate surface area is 65.4 Å². The van der Waals surface area contributed by atoms with Gasteiger partial charge in [-0.05, 0) is 12.0 Å². The van der Waals surface area contributed by atoms with Crippen molar-refractivity contribution >= 4 is 0 Å². The first-order valence-electron chi connectivity index (χ1n) is 3.77. The number of azide groups is 1. The van der Waals surface area contributed by atoms with E-state index in [1.807, 2.05) is 6.92 Å². The molecule has 0 spiro atoms. The zero-order chi connectivity index (χ0) is 8.10. The maximum absolute atomic E-state index is 8.13. The van der Waals surface area contributed by atoms with E-state index in [1.54, 1.807) is 0 Å². The van der Waals surface area contributed by atoms with E-state index in [2.05, 4.69) is 15.3 Å². The zero-order valence-electron chi connectivity index (χ0n) is 6.53. The Morgan fingerprint density at radius 3 is 3.18 bits per heavy atom. The van der Waals surface area contributed by atoms with E-state index in [9.17, 15) is 0 Å². The topological polar surface area (TPSA) is 70.0 Å². The lowest BCUT2D eigenvalue weighted by atomic mass is 10.2. The average Bonchev–Trinajstić information content (AvgIpc) is 2.06. The molecule has 0 bridgehead atoms. The minimum absolute atomic E-state index is 0.194. The van der Waals surface area contributed by atoms with Crippen molar-refractivity contribution in [1.29, 1.82) is 0 Å². The number of hydrogen-bond acceptors (Lipinski definition) is 3. The average molecular weight is 156 g/mol. The predicted molar refractivity (Wildman–Crippen MR) is 41.0 cm³/mol. The number of hydrogen-bond donors (Lipinski definition) is 1. The van der Waals surface area contributed by atoms with E-state index in [0.717, 1.165) is 13.0 Å². The molecule has 11 heavy (non-hydrogen) atoms. The van der Waals surface area contributed by atoms with Gasteiger partial charge in [-0.2, -0.15) is 0 Å². The third-order valence-corrected chi connectivity index (χ3v) is 1.68. The fourth-order valence-electron chi connectivity index (χ4n) is 1.05. The number of nitrogens with one attached hydrogen (secondary N) is 1. The molecule has 1 rings (SSSR count). The van der Waals surface area contributed by atoms with Gasteiger partial charge in [-0.15, -0.1) is 0 Å². The van der Waals surface area contributed by atoms with Crippen LogP contribution in [0.4, 0.5) is 0 Å². The van der Waals surface area contributed by atoms with Crippen LogP contribution in [0.5, 0.6) is 0 Å². The molecule has 2 atom stereocenters. The molecule has 0 saturated carbocycles. The van der Waals surface area contributed by atoms with Gasteiger partial charge in [0.1, 0.15) is 6.23 Å². The minimum Gasteiger partial charge on any atom is -0.366 e. The number of rotatable bonds is 2. The molecular formula is C6H12N4O. The van der Waals surface area contributed by atoms with Gasteiger partial charge in [-0.3, -0.25) is 0 Å². The molecule has 0 aliphatic carbocycles. The van der Waals surface area contributed by atoms with Crippen LogP contribution in [-0.2, 0) is 4.74 Å². The molecule has 62 valence electrons. The molecule has 0 aromatic carbocycles. The minimum atomic E-state index is -0.321. The summed E-state index contributed by atoms with van der Waals surface area (Å²) in [5, 5.41) is 6.61. The predicted octanol–water partition coefficient (Wildman–Crippen LogP) is 1.02. The lowest BCUT2D eigenvalue weighted by Gasteiger charge is -2.27. The van der Waals surface area contributed by atoms with Gasteiger partial charge in [0.05, 0.1) is 6.10 Å². The van der Waals surface area contributed by atoms with Gasteiger partial charge in [-0.25, -0.2) is 0 Å². The maximum atomic E-state index is 8.13. The van der Waals surface area contributed by atoms with Crippen LogP contribution >= 0.6 is 0 Å². The van der Waals surface area contributed by atoms with Gasteiger partial charge in [0.25, 0.3) is 0 Å². The molecule has 1 fully saturated rings. The van der Waals surface area contributed by atoms with Crippen LogP contribution < -0.4 is 5.32 Å². The molecular weight excluding hydrogens is 144 g/mol. The van der Waals surface area contributed by atoms with Crippen LogP contribution in [0, 0.1) is 0 Å². The van der Waals surface area contributed by atoms with E-state index in [-0.39, 0.29) is 12.3 Å². The molecule has 0 radical (unpaired) electrons. The highest BCUT2D eigenvalue weighted by atomic mass is 16.5. The molecule has 0 aromatic heterocycles. The number of morpholine rings is 1. The van der Waals surface area contributed by atoms with Crippen LogP contribution in [0.15, 0.2) is 5.11 Å². The highest BCUT2D eigenvalue weighted by Gasteiger charge is 2.18. The van der Waals surface area contributed by atoms with Crippen molar-refractivity contribution in [3.05, 3.63) is 10.4 Å². The molecule has 0 aromatic rings. The van der Waals surface area contributed by atoms with Crippen molar-refractivity contribution in [3.63, 3.8) is 0 Å². The Kier molecular flexibility index (Phi) is 3.16. The molecule has 1 N–H and O–H groups in total. The van der Waals surface area contributed by atoms with Crippen LogP contribution in [0.2, 0.25) is 0 Å². The van der Waals surface area contributed by atoms with E-state index < -0.39 is 0 Å². The Balaban J connectivity index is 2.38. The molecule has 2 unspecified atom stereocenters. The summed E-state index contributed by atoms with van der Waals surface area (Å²) in [6.07, 6.45) is 0.822. The normalized spacial score (nSPS) is 31.0. The van der Waals surface area contributed by atoms with Crippen LogP contribution in [0.1, 0.15) is 13.3 Å². The van der Waals surface area contributed by atoms with Crippen LogP contribution in [0.3, 0.4) is 0 Å². The number of nitrogens with zero attached hydrogens (tertiary/aromatic N) is 3. The van der Waals surface area contributed by atoms with Crippen LogP contribution in [-0.4, -0.2) is 25.4 Å². The lowest BCUT2D eigenvalue weighted by Crippen LogP contribution is -2.43. The smallest absolute Gasteiger partial charge is 0.149 e. The fraction of sp³-hybridized carbons (Fsp3) is 1.00. The fourth-order valence-corrected chi connectivity index (χ4v) is 1.05. The number of ether oxygens (including phenoxy) is 1. The first kappa shape index (κ1) is 8.33. The summed E-state index contributed by atoms with van der Waals surface area (Å²) in [5.41, 5.74) is 8.13. The standard InChI is InChI=1S/C6H12N4O/c1-2-5-3-8-4-6(11-5)9-10-7/h5-6,8H,2-4H2,1H3. The second-order valence-corrected chi connectivity index (χ2v) is 2.48. The van der Waals surface area contributed by atoms with Gasteiger partial charge < -0.3 is 10.1 Å². The van der Waals surface area contributed by atoms with E-state index in [4.69, 9.17) is 10.3 Å². The summed E-state index contributed by atoms with van der Waals surface area (Å²) < 4.78 is 5.39. The molecule has 1 aliphatic heterocycles. The first-order valence-corrected chi connectivity index (χ1v) is 3.77. The Hall–Kier alpha value is -0.770. The summed E-state index contributed by atoms with van der Waals surface area (Å²) in [6.45, 7) is 3.53. The Bertz CT molecular complexity index is 166. The SMILES string of the molecule is CCC1CNCC(N=[N+]=[N-])O1. The van der Waals surface area contributed by atoms with Crippen molar-refractivity contribution in [3.8, 4) is 0 Å². The maximum Gasteiger partial charge on any atom is 0.149 e. The van der Waals surface area contributed by atoms with E-state index in [1.165, 1.54) is 0 Å². The van der Waals surface area contributed by atoms with Crippen molar-refractivity contribution in [2.45, 2.75) is 25.7 Å². The molecule has 1 heterocycles. The van der Waals surface area contributed by atoms with Gasteiger partial charge in [-0.1, -0.05) is 12.0 Å². The third kappa shape index (κ3) is 2.38. The summed E-state index contributed by atoms with van der Waals surface area (Å²) >= 11 is 0. The molecule has 0 amide bonds. The van der Waals surface area contributed by atoms with Crippen molar-refractivity contribution in [2.75, 3.05) is 13.1 Å². The summed E-state index contributed by atoms with van der Waals surface area (Å²) in [6, 6.07) is 0. The monoisotopic (exact) mass is 156 g/mol. The zero-order valence-corrected chi connectivity index (χ0v) is 6.53. The van der Waals surface area contributed by atoms with E-state index in [0.29, 0.717) is 6.54 Å². The van der Waals surface area contributed by atoms with Gasteiger partial charge >= 0.3 is 0 Å². The highest BCUT2D eigenvalue weighted by Crippen LogP contribution is 2.07. The van der Waals surface area contributed by atoms with Crippen LogP contribution in [0.25, 0.3) is 10.4 Å². The first-order chi connectivity index (χ1) is 5.36. The second kappa shape index (κ2) is 4.18. The van der Waals surface area contributed by atoms with Crippen molar-refractivity contribution in [2.24, 2.45) is 5.11 Å². The molecule has 1 aliphatic rings. The molecule has 5 nitrogen and oxygen atoms in total. The summed E-state index contributed by atoms with van der Waals surface area (Å²) in [5.74, 6) is 0. The van der Waals surface area contributed by atoms with Gasteiger partial charge in [0.15, 0.2) is 0 Å². The van der Waals surface area contributed by atoms with Crippen molar-refractivity contribution in [1.82, 2.24) is 5.32 Å². The largest absolute Gasteiger partial charge is 0.366 e. The lowest BCUT2D eigenvalue weighted by molar-refractivity contribution is -0.0342. The van der Waals surface area contributed by atoms with Crippen molar-refractivity contribution < 1.29 is 4.74 Å². The third-order valence-electron chi connectivity index (χ3n) is 1.68. The van der Waals surface area contributed by atoms with Gasteiger partial charge in [0.2, 0.25) is 0 Å². The van der Waals surface area contributed by atoms with E-state index >= 15 is 0 Å². The van der Waals surface area contributed by atoms with Gasteiger partial charge in [0, 0.05) is 18.0 Å². The highest BCUT2D eigenvalue weighted by molar-refractivity contribution is 4.71. The summed E-state index contributed by atoms with van der Waals surface area (Å²) in [7, 11) is 0.